The van der Waals surface area contributed by atoms with E-state index < -0.39 is 12.1 Å². The van der Waals surface area contributed by atoms with Crippen molar-refractivity contribution in [2.75, 3.05) is 25.1 Å². The quantitative estimate of drug-likeness (QED) is 0.769. The lowest BCUT2D eigenvalue weighted by atomic mass is 10.3. The van der Waals surface area contributed by atoms with E-state index >= 15 is 0 Å². The number of hydrogen-bond acceptors (Lipinski definition) is 5. The minimum Gasteiger partial charge on any atom is -0.477 e. The Morgan fingerprint density at radius 2 is 2.29 bits per heavy atom. The number of carboxylic acids is 1. The monoisotopic (exact) mass is 238 g/mol. The molecule has 6 nitrogen and oxygen atoms in total. The van der Waals surface area contributed by atoms with Gasteiger partial charge in [0.1, 0.15) is 11.9 Å². The molecule has 1 aliphatic rings. The van der Waals surface area contributed by atoms with Crippen molar-refractivity contribution >= 4 is 11.8 Å². The second-order valence-corrected chi connectivity index (χ2v) is 3.93. The molecule has 1 fully saturated rings. The van der Waals surface area contributed by atoms with Crippen molar-refractivity contribution in [2.24, 2.45) is 0 Å². The highest BCUT2D eigenvalue weighted by atomic mass is 16.5. The molecule has 0 unspecified atom stereocenters. The number of aliphatic hydroxyl groups is 1. The number of anilines is 1. The molecule has 0 aliphatic carbocycles. The third-order valence-corrected chi connectivity index (χ3v) is 2.82. The number of aromatic carboxylic acids is 1. The molecular formula is C11H14N2O4. The lowest BCUT2D eigenvalue weighted by Gasteiger charge is -2.16. The van der Waals surface area contributed by atoms with Gasteiger partial charge in [-0.1, -0.05) is 6.07 Å². The minimum atomic E-state index is -1.06. The van der Waals surface area contributed by atoms with Crippen molar-refractivity contribution in [2.45, 2.75) is 12.2 Å². The smallest absolute Gasteiger partial charge is 0.354 e. The number of ether oxygens (including phenoxy) is 1. The predicted molar refractivity (Wildman–Crippen MR) is 60.2 cm³/mol. The first kappa shape index (κ1) is 11.8. The van der Waals surface area contributed by atoms with Crippen LogP contribution in [0.2, 0.25) is 0 Å². The van der Waals surface area contributed by atoms with E-state index in [0.29, 0.717) is 18.9 Å². The molecule has 0 aromatic carbocycles. The standard InChI is InChI=1S/C11H14N2O4/c1-17-9-6-13(5-8(9)14)10-4-2-3-7(12-10)11(15)16/h2-4,8-9,14H,5-6H2,1H3,(H,15,16)/t8-,9-/m1/s1. The van der Waals surface area contributed by atoms with Gasteiger partial charge in [-0.15, -0.1) is 0 Å². The third-order valence-electron chi connectivity index (χ3n) is 2.82. The number of rotatable bonds is 3. The van der Waals surface area contributed by atoms with Crippen molar-refractivity contribution in [1.82, 2.24) is 4.98 Å². The highest BCUT2D eigenvalue weighted by Crippen LogP contribution is 2.20. The van der Waals surface area contributed by atoms with Crippen molar-refractivity contribution < 1.29 is 19.7 Å². The molecule has 0 radical (unpaired) electrons. The fourth-order valence-corrected chi connectivity index (χ4v) is 1.89. The number of aliphatic hydroxyl groups excluding tert-OH is 1. The second kappa shape index (κ2) is 4.68. The van der Waals surface area contributed by atoms with E-state index in [2.05, 4.69) is 4.98 Å². The largest absolute Gasteiger partial charge is 0.477 e. The molecule has 0 bridgehead atoms. The van der Waals surface area contributed by atoms with Gasteiger partial charge >= 0.3 is 5.97 Å². The Morgan fingerprint density at radius 3 is 2.88 bits per heavy atom. The molecule has 6 heteroatoms. The van der Waals surface area contributed by atoms with Gasteiger partial charge in [0.05, 0.1) is 6.10 Å². The molecule has 1 aliphatic heterocycles. The van der Waals surface area contributed by atoms with E-state index in [4.69, 9.17) is 9.84 Å². The molecule has 92 valence electrons. The van der Waals surface area contributed by atoms with Crippen LogP contribution in [0.25, 0.3) is 0 Å². The van der Waals surface area contributed by atoms with Crippen LogP contribution in [0.15, 0.2) is 18.2 Å². The molecule has 17 heavy (non-hydrogen) atoms. The van der Waals surface area contributed by atoms with Crippen LogP contribution in [0, 0.1) is 0 Å². The fourth-order valence-electron chi connectivity index (χ4n) is 1.89. The van der Waals surface area contributed by atoms with E-state index in [9.17, 15) is 9.90 Å². The van der Waals surface area contributed by atoms with E-state index in [-0.39, 0.29) is 11.8 Å². The van der Waals surface area contributed by atoms with Gasteiger partial charge in [0.2, 0.25) is 0 Å². The predicted octanol–water partition coefficient (Wildman–Crippen LogP) is -0.0243. The van der Waals surface area contributed by atoms with Gasteiger partial charge in [-0.05, 0) is 12.1 Å². The lowest BCUT2D eigenvalue weighted by molar-refractivity contribution is 0.0217. The first-order chi connectivity index (χ1) is 8.11. The van der Waals surface area contributed by atoms with Crippen LogP contribution in [-0.2, 0) is 4.74 Å². The molecule has 2 rings (SSSR count). The maximum absolute atomic E-state index is 10.8. The topological polar surface area (TPSA) is 82.9 Å². The Labute approximate surface area is 98.5 Å². The molecule has 2 N–H and O–H groups in total. The zero-order chi connectivity index (χ0) is 12.4. The van der Waals surface area contributed by atoms with E-state index in [0.717, 1.165) is 0 Å². The van der Waals surface area contributed by atoms with Crippen molar-refractivity contribution in [3.63, 3.8) is 0 Å². The lowest BCUT2D eigenvalue weighted by Crippen LogP contribution is -2.25. The Morgan fingerprint density at radius 1 is 1.53 bits per heavy atom. The first-order valence-corrected chi connectivity index (χ1v) is 5.28. The number of hydrogen-bond donors (Lipinski definition) is 2. The molecule has 1 aromatic heterocycles. The van der Waals surface area contributed by atoms with Crippen LogP contribution in [-0.4, -0.2) is 53.6 Å². The second-order valence-electron chi connectivity index (χ2n) is 3.93. The van der Waals surface area contributed by atoms with Gasteiger partial charge in [0.15, 0.2) is 5.69 Å². The average Bonchev–Trinajstić information content (AvgIpc) is 2.71. The number of carbonyl (C=O) groups is 1. The minimum absolute atomic E-state index is 0.00198. The molecule has 1 aromatic rings. The number of methoxy groups -OCH3 is 1. The summed E-state index contributed by atoms with van der Waals surface area (Å²) in [4.78, 5) is 16.6. The van der Waals surface area contributed by atoms with Crippen molar-refractivity contribution in [1.29, 1.82) is 0 Å². The Balaban J connectivity index is 2.18. The molecule has 1 saturated heterocycles. The fraction of sp³-hybridized carbons (Fsp3) is 0.455. The van der Waals surface area contributed by atoms with Crippen molar-refractivity contribution in [3.8, 4) is 0 Å². The average molecular weight is 238 g/mol. The number of nitrogens with zero attached hydrogens (tertiary/aromatic N) is 2. The molecule has 2 heterocycles. The summed E-state index contributed by atoms with van der Waals surface area (Å²) in [5, 5.41) is 18.5. The van der Waals surface area contributed by atoms with Gasteiger partial charge in [0, 0.05) is 20.2 Å². The Hall–Kier alpha value is -1.66. The summed E-state index contributed by atoms with van der Waals surface area (Å²) in [7, 11) is 1.54. The van der Waals surface area contributed by atoms with Gasteiger partial charge in [-0.3, -0.25) is 0 Å². The SMILES string of the molecule is CO[C@@H]1CN(c2cccc(C(=O)O)n2)C[C@H]1O. The van der Waals surface area contributed by atoms with E-state index in [1.54, 1.807) is 19.2 Å². The molecular weight excluding hydrogens is 224 g/mol. The van der Waals surface area contributed by atoms with Crippen LogP contribution in [0.5, 0.6) is 0 Å². The third kappa shape index (κ3) is 2.37. The molecule has 0 spiro atoms. The van der Waals surface area contributed by atoms with Gasteiger partial charge in [-0.2, -0.15) is 0 Å². The maximum atomic E-state index is 10.8. The van der Waals surface area contributed by atoms with Gasteiger partial charge in [0.25, 0.3) is 0 Å². The highest BCUT2D eigenvalue weighted by Gasteiger charge is 2.32. The molecule has 0 saturated carbocycles. The summed E-state index contributed by atoms with van der Waals surface area (Å²) in [6.45, 7) is 0.905. The van der Waals surface area contributed by atoms with Crippen LogP contribution in [0.4, 0.5) is 5.82 Å². The number of carboxylic acid groups (broad SMARTS) is 1. The summed E-state index contributed by atoms with van der Waals surface area (Å²) in [5.41, 5.74) is -0.00198. The van der Waals surface area contributed by atoms with E-state index in [1.807, 2.05) is 4.90 Å². The number of aromatic nitrogens is 1. The Kier molecular flexibility index (Phi) is 3.26. The maximum Gasteiger partial charge on any atom is 0.354 e. The normalized spacial score (nSPS) is 24.0. The summed E-state index contributed by atoms with van der Waals surface area (Å²) in [6.07, 6.45) is -0.833. The van der Waals surface area contributed by atoms with Crippen molar-refractivity contribution in [3.05, 3.63) is 23.9 Å². The summed E-state index contributed by atoms with van der Waals surface area (Å²) in [5.74, 6) is -0.515. The van der Waals surface area contributed by atoms with Crippen LogP contribution < -0.4 is 4.90 Å². The first-order valence-electron chi connectivity index (χ1n) is 5.28. The zero-order valence-corrected chi connectivity index (χ0v) is 9.41. The summed E-state index contributed by atoms with van der Waals surface area (Å²) >= 11 is 0. The Bertz CT molecular complexity index is 424. The van der Waals surface area contributed by atoms with Gasteiger partial charge in [-0.25, -0.2) is 9.78 Å². The number of pyridine rings is 1. The number of β-amino-alcohol motifs (C(OH)–C–C–N with tert-alkyl or cyclic N) is 1. The van der Waals surface area contributed by atoms with Crippen LogP contribution >= 0.6 is 0 Å². The van der Waals surface area contributed by atoms with E-state index in [1.165, 1.54) is 6.07 Å². The summed E-state index contributed by atoms with van der Waals surface area (Å²) < 4.78 is 5.12. The van der Waals surface area contributed by atoms with Gasteiger partial charge < -0.3 is 19.8 Å². The molecule has 0 amide bonds. The molecule has 2 atom stereocenters. The van der Waals surface area contributed by atoms with Crippen LogP contribution in [0.3, 0.4) is 0 Å². The highest BCUT2D eigenvalue weighted by molar-refractivity contribution is 5.85. The summed E-state index contributed by atoms with van der Waals surface area (Å²) in [6, 6.07) is 4.79. The zero-order valence-electron chi connectivity index (χ0n) is 9.41. The van der Waals surface area contributed by atoms with Crippen LogP contribution in [0.1, 0.15) is 10.5 Å².